The largest absolute Gasteiger partial charge is 0.355 e. The van der Waals surface area contributed by atoms with Gasteiger partial charge in [0.25, 0.3) is 0 Å². The summed E-state index contributed by atoms with van der Waals surface area (Å²) in [6, 6.07) is 18.0. The number of carbonyl (C=O) groups is 1. The maximum atomic E-state index is 11.8. The third-order valence-corrected chi connectivity index (χ3v) is 3.66. The van der Waals surface area contributed by atoms with Crippen LogP contribution in [-0.4, -0.2) is 12.5 Å². The van der Waals surface area contributed by atoms with Gasteiger partial charge in [-0.15, -0.1) is 0 Å². The standard InChI is InChI=1S/C16H16BrNO/c17-15-9-5-4-8-14(15)12-16(19)18-11-10-13-6-2-1-3-7-13/h1-9H,10-12H2,(H,18,19). The highest BCUT2D eigenvalue weighted by molar-refractivity contribution is 9.10. The lowest BCUT2D eigenvalue weighted by molar-refractivity contribution is -0.120. The molecule has 2 aromatic rings. The number of hydrogen-bond donors (Lipinski definition) is 1. The van der Waals surface area contributed by atoms with E-state index in [-0.39, 0.29) is 5.91 Å². The molecule has 0 saturated heterocycles. The first kappa shape index (κ1) is 13.8. The van der Waals surface area contributed by atoms with Gasteiger partial charge in [0, 0.05) is 11.0 Å². The van der Waals surface area contributed by atoms with Crippen LogP contribution < -0.4 is 5.32 Å². The van der Waals surface area contributed by atoms with Crippen LogP contribution in [0.1, 0.15) is 11.1 Å². The molecule has 0 spiro atoms. The summed E-state index contributed by atoms with van der Waals surface area (Å²) in [6.07, 6.45) is 1.28. The van der Waals surface area contributed by atoms with Gasteiger partial charge in [-0.2, -0.15) is 0 Å². The van der Waals surface area contributed by atoms with Crippen LogP contribution in [0.5, 0.6) is 0 Å². The average Bonchev–Trinajstić information content (AvgIpc) is 2.43. The van der Waals surface area contributed by atoms with Gasteiger partial charge in [0.1, 0.15) is 0 Å². The van der Waals surface area contributed by atoms with Crippen LogP contribution in [0.2, 0.25) is 0 Å². The molecule has 2 rings (SSSR count). The second-order valence-electron chi connectivity index (χ2n) is 4.35. The molecule has 0 bridgehead atoms. The van der Waals surface area contributed by atoms with Gasteiger partial charge in [-0.05, 0) is 23.6 Å². The molecule has 0 aliphatic rings. The van der Waals surface area contributed by atoms with Crippen molar-refractivity contribution in [2.24, 2.45) is 0 Å². The summed E-state index contributed by atoms with van der Waals surface area (Å²) >= 11 is 3.45. The summed E-state index contributed by atoms with van der Waals surface area (Å²) in [5, 5.41) is 2.95. The maximum absolute atomic E-state index is 11.8. The summed E-state index contributed by atoms with van der Waals surface area (Å²) in [7, 11) is 0. The van der Waals surface area contributed by atoms with E-state index in [1.54, 1.807) is 0 Å². The van der Waals surface area contributed by atoms with Gasteiger partial charge in [0.15, 0.2) is 0 Å². The minimum absolute atomic E-state index is 0.0582. The first-order valence-electron chi connectivity index (χ1n) is 6.30. The second-order valence-corrected chi connectivity index (χ2v) is 5.21. The van der Waals surface area contributed by atoms with E-state index >= 15 is 0 Å². The Bertz CT molecular complexity index is 539. The van der Waals surface area contributed by atoms with Gasteiger partial charge in [-0.25, -0.2) is 0 Å². The topological polar surface area (TPSA) is 29.1 Å². The lowest BCUT2D eigenvalue weighted by Gasteiger charge is -2.06. The average molecular weight is 318 g/mol. The predicted octanol–water partition coefficient (Wildman–Crippen LogP) is 3.35. The molecule has 0 aliphatic carbocycles. The Morgan fingerprint density at radius 3 is 2.42 bits per heavy atom. The number of nitrogens with one attached hydrogen (secondary N) is 1. The van der Waals surface area contributed by atoms with E-state index in [1.807, 2.05) is 42.5 Å². The van der Waals surface area contributed by atoms with Crippen LogP contribution in [0, 0.1) is 0 Å². The van der Waals surface area contributed by atoms with Gasteiger partial charge >= 0.3 is 0 Å². The molecule has 0 radical (unpaired) electrons. The Morgan fingerprint density at radius 1 is 1.00 bits per heavy atom. The van der Waals surface area contributed by atoms with Crippen LogP contribution in [0.3, 0.4) is 0 Å². The molecule has 2 aromatic carbocycles. The highest BCUT2D eigenvalue weighted by atomic mass is 79.9. The third-order valence-electron chi connectivity index (χ3n) is 2.89. The molecule has 1 N–H and O–H groups in total. The number of carbonyl (C=O) groups excluding carboxylic acids is 1. The fourth-order valence-corrected chi connectivity index (χ4v) is 2.29. The van der Waals surface area contributed by atoms with Crippen molar-refractivity contribution < 1.29 is 4.79 Å². The summed E-state index contributed by atoms with van der Waals surface area (Å²) in [5.41, 5.74) is 2.25. The minimum Gasteiger partial charge on any atom is -0.355 e. The zero-order valence-electron chi connectivity index (χ0n) is 10.6. The van der Waals surface area contributed by atoms with Crippen molar-refractivity contribution in [2.75, 3.05) is 6.54 Å². The number of amides is 1. The van der Waals surface area contributed by atoms with Gasteiger partial charge < -0.3 is 5.32 Å². The smallest absolute Gasteiger partial charge is 0.224 e. The molecule has 98 valence electrons. The molecule has 0 aliphatic heterocycles. The minimum atomic E-state index is 0.0582. The first-order valence-corrected chi connectivity index (χ1v) is 7.09. The molecule has 3 heteroatoms. The highest BCUT2D eigenvalue weighted by Gasteiger charge is 2.05. The number of hydrogen-bond acceptors (Lipinski definition) is 1. The van der Waals surface area contributed by atoms with Crippen LogP contribution in [0.25, 0.3) is 0 Å². The van der Waals surface area contributed by atoms with E-state index in [2.05, 4.69) is 33.4 Å². The van der Waals surface area contributed by atoms with Crippen molar-refractivity contribution in [1.29, 1.82) is 0 Å². The van der Waals surface area contributed by atoms with E-state index < -0.39 is 0 Å². The molecule has 0 fully saturated rings. The van der Waals surface area contributed by atoms with E-state index in [1.165, 1.54) is 5.56 Å². The molecule has 0 saturated carbocycles. The molecular formula is C16H16BrNO. The van der Waals surface area contributed by atoms with E-state index in [0.29, 0.717) is 13.0 Å². The Labute approximate surface area is 122 Å². The molecule has 0 unspecified atom stereocenters. The summed E-state index contributed by atoms with van der Waals surface area (Å²) in [4.78, 5) is 11.8. The monoisotopic (exact) mass is 317 g/mol. The Morgan fingerprint density at radius 2 is 1.68 bits per heavy atom. The summed E-state index contributed by atoms with van der Waals surface area (Å²) in [5.74, 6) is 0.0582. The molecule has 0 atom stereocenters. The maximum Gasteiger partial charge on any atom is 0.224 e. The van der Waals surface area contributed by atoms with Crippen LogP contribution in [0.15, 0.2) is 59.1 Å². The Kier molecular flexibility index (Phi) is 5.16. The molecule has 19 heavy (non-hydrogen) atoms. The van der Waals surface area contributed by atoms with Crippen LogP contribution >= 0.6 is 15.9 Å². The highest BCUT2D eigenvalue weighted by Crippen LogP contribution is 2.16. The van der Waals surface area contributed by atoms with Crippen molar-refractivity contribution in [3.05, 3.63) is 70.2 Å². The quantitative estimate of drug-likeness (QED) is 0.900. The number of halogens is 1. The summed E-state index contributed by atoms with van der Waals surface area (Å²) < 4.78 is 0.980. The molecular weight excluding hydrogens is 302 g/mol. The molecule has 0 aromatic heterocycles. The second kappa shape index (κ2) is 7.10. The van der Waals surface area contributed by atoms with Gasteiger partial charge in [0.2, 0.25) is 5.91 Å². The number of rotatable bonds is 5. The van der Waals surface area contributed by atoms with Crippen molar-refractivity contribution in [2.45, 2.75) is 12.8 Å². The summed E-state index contributed by atoms with van der Waals surface area (Å²) in [6.45, 7) is 0.674. The normalized spacial score (nSPS) is 10.2. The van der Waals surface area contributed by atoms with Crippen molar-refractivity contribution in [1.82, 2.24) is 5.32 Å². The van der Waals surface area contributed by atoms with Gasteiger partial charge in [-0.3, -0.25) is 4.79 Å². The van der Waals surface area contributed by atoms with Gasteiger partial charge in [0.05, 0.1) is 6.42 Å². The van der Waals surface area contributed by atoms with E-state index in [0.717, 1.165) is 16.5 Å². The molecule has 1 amide bonds. The van der Waals surface area contributed by atoms with Crippen LogP contribution in [0.4, 0.5) is 0 Å². The van der Waals surface area contributed by atoms with Crippen LogP contribution in [-0.2, 0) is 17.6 Å². The first-order chi connectivity index (χ1) is 9.25. The third kappa shape index (κ3) is 4.52. The van der Waals surface area contributed by atoms with Crippen molar-refractivity contribution >= 4 is 21.8 Å². The molecule has 2 nitrogen and oxygen atoms in total. The zero-order valence-corrected chi connectivity index (χ0v) is 12.2. The van der Waals surface area contributed by atoms with Crippen molar-refractivity contribution in [3.63, 3.8) is 0 Å². The Hall–Kier alpha value is -1.61. The lowest BCUT2D eigenvalue weighted by atomic mass is 10.1. The van der Waals surface area contributed by atoms with Gasteiger partial charge in [-0.1, -0.05) is 64.5 Å². The lowest BCUT2D eigenvalue weighted by Crippen LogP contribution is -2.27. The van der Waals surface area contributed by atoms with Crippen molar-refractivity contribution in [3.8, 4) is 0 Å². The SMILES string of the molecule is O=C(Cc1ccccc1Br)NCCc1ccccc1. The van der Waals surface area contributed by atoms with E-state index in [9.17, 15) is 4.79 Å². The molecule has 0 heterocycles. The zero-order chi connectivity index (χ0) is 13.5. The Balaban J connectivity index is 1.78. The fourth-order valence-electron chi connectivity index (χ4n) is 1.87. The van der Waals surface area contributed by atoms with E-state index in [4.69, 9.17) is 0 Å². The number of benzene rings is 2. The fraction of sp³-hybridized carbons (Fsp3) is 0.188. The predicted molar refractivity (Wildman–Crippen MR) is 81.0 cm³/mol.